The Labute approximate surface area is 168 Å². The Balaban J connectivity index is 1.96. The summed E-state index contributed by atoms with van der Waals surface area (Å²) in [5.41, 5.74) is 1.96. The second-order valence-electron chi connectivity index (χ2n) is 7.54. The van der Waals surface area contributed by atoms with E-state index in [9.17, 15) is 8.42 Å². The van der Waals surface area contributed by atoms with Crippen molar-refractivity contribution < 1.29 is 8.42 Å². The molecule has 1 aromatic heterocycles. The number of nitrogens with one attached hydrogen (secondary N) is 2. The number of hydrogen-bond acceptors (Lipinski definition) is 4. The normalized spacial score (nSPS) is 12.6. The first-order valence-electron chi connectivity index (χ1n) is 9.48. The van der Waals surface area contributed by atoms with Gasteiger partial charge in [0.1, 0.15) is 0 Å². The van der Waals surface area contributed by atoms with Crippen molar-refractivity contribution in [2.75, 3.05) is 18.8 Å². The van der Waals surface area contributed by atoms with Gasteiger partial charge in [-0.25, -0.2) is 13.4 Å². The van der Waals surface area contributed by atoms with Crippen LogP contribution in [0.5, 0.6) is 0 Å². The molecular weight excluding hydrogens is 372 g/mol. The number of rotatable bonds is 7. The molecule has 0 fully saturated rings. The lowest BCUT2D eigenvalue weighted by molar-refractivity contribution is 0.586. The number of guanidine groups is 1. The number of benzene rings is 1. The topological polar surface area (TPSA) is 83.4 Å². The first kappa shape index (κ1) is 21.9. The zero-order valence-corrected chi connectivity index (χ0v) is 17.9. The molecule has 1 heterocycles. The number of hydrogen-bond donors (Lipinski definition) is 2. The van der Waals surface area contributed by atoms with E-state index < -0.39 is 9.84 Å². The fourth-order valence-electron chi connectivity index (χ4n) is 2.58. The van der Waals surface area contributed by atoms with E-state index in [-0.39, 0.29) is 17.7 Å². The third-order valence-corrected chi connectivity index (χ3v) is 5.94. The van der Waals surface area contributed by atoms with Gasteiger partial charge in [-0.15, -0.1) is 0 Å². The van der Waals surface area contributed by atoms with Crippen LogP contribution in [0, 0.1) is 0 Å². The van der Waals surface area contributed by atoms with E-state index in [1.54, 1.807) is 18.3 Å². The van der Waals surface area contributed by atoms with Gasteiger partial charge in [0.15, 0.2) is 15.8 Å². The van der Waals surface area contributed by atoms with E-state index in [2.05, 4.69) is 41.4 Å². The molecule has 0 aliphatic heterocycles. The van der Waals surface area contributed by atoms with Crippen LogP contribution in [0.25, 0.3) is 0 Å². The Morgan fingerprint density at radius 3 is 2.36 bits per heavy atom. The maximum absolute atomic E-state index is 12.6. The molecule has 0 aliphatic rings. The average Bonchev–Trinajstić information content (AvgIpc) is 2.66. The SMILES string of the molecule is CCNC(=NCc1ccccn1)NCCS(=O)(=O)c1ccc(C(C)(C)C)cc1. The van der Waals surface area contributed by atoms with Crippen LogP contribution < -0.4 is 10.6 Å². The molecule has 0 unspecified atom stereocenters. The Bertz CT molecular complexity index is 871. The van der Waals surface area contributed by atoms with Crippen LogP contribution in [-0.4, -0.2) is 38.2 Å². The van der Waals surface area contributed by atoms with Crippen molar-refractivity contribution in [1.82, 2.24) is 15.6 Å². The van der Waals surface area contributed by atoms with Crippen molar-refractivity contribution in [1.29, 1.82) is 0 Å². The standard InChI is InChI=1S/C21H30N4O2S/c1-5-22-20(25-16-18-8-6-7-13-23-18)24-14-15-28(26,27)19-11-9-17(10-12-19)21(2,3)4/h6-13H,5,14-16H2,1-4H3,(H2,22,24,25). The molecule has 0 aliphatic carbocycles. The number of aromatic nitrogens is 1. The summed E-state index contributed by atoms with van der Waals surface area (Å²) < 4.78 is 25.2. The summed E-state index contributed by atoms with van der Waals surface area (Å²) in [6, 6.07) is 12.8. The van der Waals surface area contributed by atoms with Gasteiger partial charge in [-0.2, -0.15) is 0 Å². The Morgan fingerprint density at radius 2 is 1.79 bits per heavy atom. The number of sulfone groups is 1. The highest BCUT2D eigenvalue weighted by Crippen LogP contribution is 2.23. The van der Waals surface area contributed by atoms with Crippen molar-refractivity contribution in [2.45, 2.75) is 44.6 Å². The van der Waals surface area contributed by atoms with E-state index in [4.69, 9.17) is 0 Å². The number of nitrogens with zero attached hydrogens (tertiary/aromatic N) is 2. The molecule has 2 rings (SSSR count). The molecule has 6 nitrogen and oxygen atoms in total. The first-order valence-corrected chi connectivity index (χ1v) is 11.1. The van der Waals surface area contributed by atoms with Crippen LogP contribution in [0.15, 0.2) is 58.5 Å². The third-order valence-electron chi connectivity index (χ3n) is 4.21. The lowest BCUT2D eigenvalue weighted by atomic mass is 9.87. The molecule has 7 heteroatoms. The van der Waals surface area contributed by atoms with Gasteiger partial charge >= 0.3 is 0 Å². The molecule has 0 radical (unpaired) electrons. The molecular formula is C21H30N4O2S. The smallest absolute Gasteiger partial charge is 0.191 e. The van der Waals surface area contributed by atoms with E-state index in [1.165, 1.54) is 0 Å². The summed E-state index contributed by atoms with van der Waals surface area (Å²) in [4.78, 5) is 9.03. The summed E-state index contributed by atoms with van der Waals surface area (Å²) >= 11 is 0. The molecule has 2 N–H and O–H groups in total. The van der Waals surface area contributed by atoms with Gasteiger partial charge in [0, 0.05) is 19.3 Å². The summed E-state index contributed by atoms with van der Waals surface area (Å²) in [5.74, 6) is 0.571. The van der Waals surface area contributed by atoms with Gasteiger partial charge in [-0.05, 0) is 42.2 Å². The molecule has 152 valence electrons. The molecule has 0 spiro atoms. The molecule has 0 amide bonds. The molecule has 2 aromatic rings. The minimum Gasteiger partial charge on any atom is -0.357 e. The zero-order valence-electron chi connectivity index (χ0n) is 17.1. The van der Waals surface area contributed by atoms with Crippen LogP contribution in [0.3, 0.4) is 0 Å². The lowest BCUT2D eigenvalue weighted by Crippen LogP contribution is -2.39. The minimum absolute atomic E-state index is 0.00410. The van der Waals surface area contributed by atoms with Crippen molar-refractivity contribution in [3.05, 3.63) is 59.9 Å². The molecule has 28 heavy (non-hydrogen) atoms. The number of aliphatic imine (C=N–C) groups is 1. The third kappa shape index (κ3) is 6.64. The average molecular weight is 403 g/mol. The summed E-state index contributed by atoms with van der Waals surface area (Å²) in [7, 11) is -3.36. The molecule has 0 bridgehead atoms. The highest BCUT2D eigenvalue weighted by Gasteiger charge is 2.17. The first-order chi connectivity index (χ1) is 13.2. The fraction of sp³-hybridized carbons (Fsp3) is 0.429. The van der Waals surface area contributed by atoms with Gasteiger partial charge in [-0.1, -0.05) is 39.0 Å². The number of pyridine rings is 1. The van der Waals surface area contributed by atoms with Gasteiger partial charge < -0.3 is 10.6 Å². The summed E-state index contributed by atoms with van der Waals surface area (Å²) in [5, 5.41) is 6.20. The van der Waals surface area contributed by atoms with Crippen molar-refractivity contribution in [2.24, 2.45) is 4.99 Å². The van der Waals surface area contributed by atoms with Crippen LogP contribution >= 0.6 is 0 Å². The maximum Gasteiger partial charge on any atom is 0.191 e. The second kappa shape index (κ2) is 9.68. The van der Waals surface area contributed by atoms with Gasteiger partial charge in [-0.3, -0.25) is 4.98 Å². The Kier molecular flexibility index (Phi) is 7.57. The second-order valence-corrected chi connectivity index (χ2v) is 9.65. The minimum atomic E-state index is -3.36. The highest BCUT2D eigenvalue weighted by molar-refractivity contribution is 7.91. The van der Waals surface area contributed by atoms with Crippen LogP contribution in [0.4, 0.5) is 0 Å². The predicted octanol–water partition coefficient (Wildman–Crippen LogP) is 2.91. The predicted molar refractivity (Wildman–Crippen MR) is 114 cm³/mol. The maximum atomic E-state index is 12.6. The van der Waals surface area contributed by atoms with Crippen molar-refractivity contribution >= 4 is 15.8 Å². The molecule has 0 atom stereocenters. The largest absolute Gasteiger partial charge is 0.357 e. The van der Waals surface area contributed by atoms with Crippen molar-refractivity contribution in [3.63, 3.8) is 0 Å². The van der Waals surface area contributed by atoms with Crippen LogP contribution in [-0.2, 0) is 21.8 Å². The summed E-state index contributed by atoms with van der Waals surface area (Å²) in [6.07, 6.45) is 1.72. The van der Waals surface area contributed by atoms with E-state index in [0.29, 0.717) is 23.9 Å². The van der Waals surface area contributed by atoms with E-state index in [1.807, 2.05) is 37.3 Å². The van der Waals surface area contributed by atoms with Gasteiger partial charge in [0.05, 0.1) is 22.9 Å². The Morgan fingerprint density at radius 1 is 1.07 bits per heavy atom. The van der Waals surface area contributed by atoms with E-state index in [0.717, 1.165) is 11.3 Å². The monoisotopic (exact) mass is 402 g/mol. The molecule has 0 saturated heterocycles. The van der Waals surface area contributed by atoms with Gasteiger partial charge in [0.25, 0.3) is 0 Å². The molecule has 1 aromatic carbocycles. The molecule has 0 saturated carbocycles. The van der Waals surface area contributed by atoms with Crippen molar-refractivity contribution in [3.8, 4) is 0 Å². The van der Waals surface area contributed by atoms with E-state index >= 15 is 0 Å². The lowest BCUT2D eigenvalue weighted by Gasteiger charge is -2.19. The Hall–Kier alpha value is -2.41. The summed E-state index contributed by atoms with van der Waals surface area (Å²) in [6.45, 7) is 9.67. The van der Waals surface area contributed by atoms with Gasteiger partial charge in [0.2, 0.25) is 0 Å². The zero-order chi connectivity index (χ0) is 20.6. The quantitative estimate of drug-likeness (QED) is 0.550. The highest BCUT2D eigenvalue weighted by atomic mass is 32.2. The van der Waals surface area contributed by atoms with Crippen LogP contribution in [0.2, 0.25) is 0 Å². The fourth-order valence-corrected chi connectivity index (χ4v) is 3.73. The van der Waals surface area contributed by atoms with Crippen LogP contribution in [0.1, 0.15) is 39.0 Å².